The Morgan fingerprint density at radius 2 is 2.62 bits per heavy atom. The molecule has 1 aliphatic rings. The van der Waals surface area contributed by atoms with E-state index in [1.54, 1.807) is 18.6 Å². The predicted molar refractivity (Wildman–Crippen MR) is 61.7 cm³/mol. The second kappa shape index (κ2) is 5.69. The number of nitrogens with zero attached hydrogens (tertiary/aromatic N) is 3. The van der Waals surface area contributed by atoms with Gasteiger partial charge in [-0.3, -0.25) is 4.98 Å². The number of nitrogens with one attached hydrogen (secondary N) is 2. The zero-order valence-electron chi connectivity index (χ0n) is 8.76. The Morgan fingerprint density at radius 1 is 1.62 bits per heavy atom. The second-order valence-electron chi connectivity index (χ2n) is 3.08. The third-order valence-electron chi connectivity index (χ3n) is 1.89. The molecule has 2 heterocycles. The van der Waals surface area contributed by atoms with Crippen molar-refractivity contribution in [2.45, 2.75) is 0 Å². The highest BCUT2D eigenvalue weighted by molar-refractivity contribution is 5.81. The molecule has 1 aliphatic heterocycles. The van der Waals surface area contributed by atoms with E-state index >= 15 is 0 Å². The summed E-state index contributed by atoms with van der Waals surface area (Å²) >= 11 is 0. The molecule has 0 spiro atoms. The van der Waals surface area contributed by atoms with Crippen molar-refractivity contribution >= 4 is 12.2 Å². The van der Waals surface area contributed by atoms with E-state index in [1.165, 1.54) is 0 Å². The van der Waals surface area contributed by atoms with Gasteiger partial charge in [0.05, 0.1) is 19.0 Å². The van der Waals surface area contributed by atoms with Crippen LogP contribution in [0.1, 0.15) is 0 Å². The number of hydrogen-bond acceptors (Lipinski definition) is 6. The van der Waals surface area contributed by atoms with Gasteiger partial charge in [-0.15, -0.1) is 0 Å². The molecule has 0 atom stereocenters. The summed E-state index contributed by atoms with van der Waals surface area (Å²) in [5.41, 5.74) is 2.78. The minimum absolute atomic E-state index is 0.395. The van der Waals surface area contributed by atoms with E-state index in [0.29, 0.717) is 12.6 Å². The third-order valence-corrected chi connectivity index (χ3v) is 1.89. The Hall–Kier alpha value is -2.11. The first-order chi connectivity index (χ1) is 7.95. The summed E-state index contributed by atoms with van der Waals surface area (Å²) in [4.78, 5) is 8.05. The number of guanidine groups is 1. The van der Waals surface area contributed by atoms with Gasteiger partial charge in [0.25, 0.3) is 0 Å². The number of aromatic nitrogens is 1. The number of pyridine rings is 1. The largest absolute Gasteiger partial charge is 0.486 e. The van der Waals surface area contributed by atoms with E-state index < -0.39 is 0 Å². The van der Waals surface area contributed by atoms with Gasteiger partial charge in [-0.25, -0.2) is 10.4 Å². The van der Waals surface area contributed by atoms with Crippen LogP contribution < -0.4 is 15.5 Å². The zero-order chi connectivity index (χ0) is 11.1. The molecule has 0 fully saturated rings. The molecule has 0 radical (unpaired) electrons. The maximum Gasteiger partial charge on any atom is 0.212 e. The van der Waals surface area contributed by atoms with Gasteiger partial charge in [0.15, 0.2) is 0 Å². The Kier molecular flexibility index (Phi) is 3.70. The standard InChI is InChI=1S/C10H13N5O/c1-2-9(8-11-3-1)16-7-6-14-15-10-12-4-5-13-10/h1-3,6,8H,4-5,7H2,(H2,12,13,15)/b14-6+. The predicted octanol–water partition coefficient (Wildman–Crippen LogP) is -0.00500. The maximum absolute atomic E-state index is 5.36. The molecule has 1 aromatic rings. The van der Waals surface area contributed by atoms with Crippen LogP contribution in [0.3, 0.4) is 0 Å². The minimum atomic E-state index is 0.395. The highest BCUT2D eigenvalue weighted by Crippen LogP contribution is 2.04. The molecular weight excluding hydrogens is 206 g/mol. The number of ether oxygens (including phenoxy) is 1. The Bertz CT molecular complexity index is 376. The van der Waals surface area contributed by atoms with Crippen LogP contribution in [0.15, 0.2) is 34.6 Å². The molecule has 6 heteroatoms. The van der Waals surface area contributed by atoms with E-state index in [2.05, 4.69) is 25.8 Å². The van der Waals surface area contributed by atoms with Crippen molar-refractivity contribution in [3.8, 4) is 5.75 Å². The molecule has 84 valence electrons. The number of hydrogen-bond donors (Lipinski definition) is 2. The zero-order valence-corrected chi connectivity index (χ0v) is 8.76. The summed E-state index contributed by atoms with van der Waals surface area (Å²) < 4.78 is 5.36. The van der Waals surface area contributed by atoms with Gasteiger partial charge < -0.3 is 10.1 Å². The summed E-state index contributed by atoms with van der Waals surface area (Å²) in [7, 11) is 0. The van der Waals surface area contributed by atoms with Gasteiger partial charge in [0.1, 0.15) is 12.4 Å². The lowest BCUT2D eigenvalue weighted by Crippen LogP contribution is -2.30. The maximum atomic E-state index is 5.36. The van der Waals surface area contributed by atoms with Crippen molar-refractivity contribution in [3.05, 3.63) is 24.5 Å². The summed E-state index contributed by atoms with van der Waals surface area (Å²) in [6, 6.07) is 3.67. The van der Waals surface area contributed by atoms with E-state index in [4.69, 9.17) is 4.74 Å². The molecule has 2 N–H and O–H groups in total. The Morgan fingerprint density at radius 3 is 3.38 bits per heavy atom. The second-order valence-corrected chi connectivity index (χ2v) is 3.08. The fourth-order valence-electron chi connectivity index (χ4n) is 1.18. The number of aliphatic imine (C=N–C) groups is 1. The van der Waals surface area contributed by atoms with Crippen molar-refractivity contribution in [1.82, 2.24) is 15.7 Å². The van der Waals surface area contributed by atoms with Gasteiger partial charge in [0, 0.05) is 12.7 Å². The van der Waals surface area contributed by atoms with Crippen LogP contribution in [0.25, 0.3) is 0 Å². The summed E-state index contributed by atoms with van der Waals surface area (Å²) in [5.74, 6) is 1.43. The average Bonchev–Trinajstić information content (AvgIpc) is 2.83. The molecule has 0 unspecified atom stereocenters. The van der Waals surface area contributed by atoms with Gasteiger partial charge in [-0.1, -0.05) is 0 Å². The molecule has 1 aromatic heterocycles. The van der Waals surface area contributed by atoms with Crippen LogP contribution in [-0.4, -0.2) is 36.9 Å². The lowest BCUT2D eigenvalue weighted by Gasteiger charge is -2.01. The summed E-state index contributed by atoms with van der Waals surface area (Å²) in [5, 5.41) is 6.99. The van der Waals surface area contributed by atoms with Crippen molar-refractivity contribution < 1.29 is 4.74 Å². The first kappa shape index (κ1) is 10.4. The van der Waals surface area contributed by atoms with Crippen molar-refractivity contribution in [2.75, 3.05) is 19.7 Å². The SMILES string of the molecule is C(/COc1cccnc1)=N\NC1=NCCN1. The summed E-state index contributed by atoms with van der Waals surface area (Å²) in [6.45, 7) is 2.06. The van der Waals surface area contributed by atoms with Crippen LogP contribution >= 0.6 is 0 Å². The van der Waals surface area contributed by atoms with E-state index in [0.717, 1.165) is 18.8 Å². The van der Waals surface area contributed by atoms with E-state index in [-0.39, 0.29) is 0 Å². The van der Waals surface area contributed by atoms with Crippen molar-refractivity contribution in [3.63, 3.8) is 0 Å². The normalized spacial score (nSPS) is 14.6. The number of rotatable bonds is 4. The molecule has 0 aromatic carbocycles. The topological polar surface area (TPSA) is 70.9 Å². The van der Waals surface area contributed by atoms with Gasteiger partial charge in [0.2, 0.25) is 5.96 Å². The van der Waals surface area contributed by atoms with Crippen LogP contribution in [0.4, 0.5) is 0 Å². The van der Waals surface area contributed by atoms with E-state index in [1.807, 2.05) is 12.1 Å². The van der Waals surface area contributed by atoms with Gasteiger partial charge in [-0.05, 0) is 12.1 Å². The third kappa shape index (κ3) is 3.23. The lowest BCUT2D eigenvalue weighted by molar-refractivity contribution is 0.378. The molecule has 2 rings (SSSR count). The Balaban J connectivity index is 1.66. The smallest absolute Gasteiger partial charge is 0.212 e. The lowest BCUT2D eigenvalue weighted by atomic mass is 10.5. The first-order valence-corrected chi connectivity index (χ1v) is 5.04. The van der Waals surface area contributed by atoms with Crippen LogP contribution in [0, 0.1) is 0 Å². The number of hydrazone groups is 1. The highest BCUT2D eigenvalue weighted by Gasteiger charge is 2.00. The highest BCUT2D eigenvalue weighted by atomic mass is 16.5. The monoisotopic (exact) mass is 219 g/mol. The van der Waals surface area contributed by atoms with Crippen molar-refractivity contribution in [2.24, 2.45) is 10.1 Å². The Labute approximate surface area is 93.4 Å². The quantitative estimate of drug-likeness (QED) is 0.552. The first-order valence-electron chi connectivity index (χ1n) is 5.04. The molecule has 6 nitrogen and oxygen atoms in total. The molecular formula is C10H13N5O. The van der Waals surface area contributed by atoms with Crippen LogP contribution in [0.2, 0.25) is 0 Å². The van der Waals surface area contributed by atoms with Crippen LogP contribution in [0.5, 0.6) is 5.75 Å². The fraction of sp³-hybridized carbons (Fsp3) is 0.300. The molecule has 0 amide bonds. The van der Waals surface area contributed by atoms with E-state index in [9.17, 15) is 0 Å². The molecule has 0 saturated carbocycles. The molecule has 0 bridgehead atoms. The molecule has 16 heavy (non-hydrogen) atoms. The fourth-order valence-corrected chi connectivity index (χ4v) is 1.18. The average molecular weight is 219 g/mol. The van der Waals surface area contributed by atoms with Gasteiger partial charge in [-0.2, -0.15) is 5.10 Å². The summed E-state index contributed by atoms with van der Waals surface area (Å²) in [6.07, 6.45) is 4.99. The molecule has 0 aliphatic carbocycles. The molecule has 0 saturated heterocycles. The van der Waals surface area contributed by atoms with Gasteiger partial charge >= 0.3 is 0 Å². The minimum Gasteiger partial charge on any atom is -0.486 e. The van der Waals surface area contributed by atoms with Crippen LogP contribution in [-0.2, 0) is 0 Å². The van der Waals surface area contributed by atoms with Crippen molar-refractivity contribution in [1.29, 1.82) is 0 Å².